The van der Waals surface area contributed by atoms with E-state index in [4.69, 9.17) is 11.6 Å². The first-order valence-electron chi connectivity index (χ1n) is 6.28. The molecular formula is C14H15ClN2O. The molecule has 0 unspecified atom stereocenters. The fourth-order valence-corrected chi connectivity index (χ4v) is 3.13. The van der Waals surface area contributed by atoms with Crippen molar-refractivity contribution in [2.75, 3.05) is 0 Å². The summed E-state index contributed by atoms with van der Waals surface area (Å²) in [6.45, 7) is 2.98. The third-order valence-electron chi connectivity index (χ3n) is 3.68. The first-order valence-corrected chi connectivity index (χ1v) is 6.66. The van der Waals surface area contributed by atoms with Gasteiger partial charge in [-0.15, -0.1) is 0 Å². The SMILES string of the molecule is CCn1c2c(c3cc(Cl)ccc31)CCC/C2=N\O. The van der Waals surface area contributed by atoms with E-state index in [2.05, 4.69) is 22.7 Å². The number of benzene rings is 1. The maximum atomic E-state index is 9.19. The second kappa shape index (κ2) is 4.32. The molecule has 3 nitrogen and oxygen atoms in total. The van der Waals surface area contributed by atoms with E-state index in [0.717, 1.165) is 42.2 Å². The Morgan fingerprint density at radius 1 is 1.39 bits per heavy atom. The van der Waals surface area contributed by atoms with Crippen LogP contribution in [0.4, 0.5) is 0 Å². The summed E-state index contributed by atoms with van der Waals surface area (Å²) in [5, 5.41) is 14.6. The molecule has 0 spiro atoms. The molecule has 4 heteroatoms. The molecular weight excluding hydrogens is 248 g/mol. The molecule has 0 bridgehead atoms. The molecule has 1 aliphatic rings. The van der Waals surface area contributed by atoms with Crippen molar-refractivity contribution in [3.05, 3.63) is 34.5 Å². The Kier molecular flexibility index (Phi) is 2.78. The summed E-state index contributed by atoms with van der Waals surface area (Å²) in [5.74, 6) is 0. The molecule has 0 radical (unpaired) electrons. The lowest BCUT2D eigenvalue weighted by Gasteiger charge is -2.16. The van der Waals surface area contributed by atoms with Gasteiger partial charge in [-0.25, -0.2) is 0 Å². The molecule has 1 N–H and O–H groups in total. The van der Waals surface area contributed by atoms with Crippen LogP contribution >= 0.6 is 11.6 Å². The van der Waals surface area contributed by atoms with Gasteiger partial charge in [0.1, 0.15) is 5.71 Å². The highest BCUT2D eigenvalue weighted by Crippen LogP contribution is 2.33. The maximum Gasteiger partial charge on any atom is 0.103 e. The molecule has 2 aromatic rings. The number of fused-ring (bicyclic) bond motifs is 3. The number of oxime groups is 1. The molecule has 0 amide bonds. The molecule has 0 fully saturated rings. The van der Waals surface area contributed by atoms with Crippen molar-refractivity contribution in [2.45, 2.75) is 32.7 Å². The van der Waals surface area contributed by atoms with E-state index in [1.54, 1.807) is 0 Å². The van der Waals surface area contributed by atoms with Crippen LogP contribution in [0.15, 0.2) is 23.4 Å². The van der Waals surface area contributed by atoms with Gasteiger partial charge < -0.3 is 9.77 Å². The quantitative estimate of drug-likeness (QED) is 0.616. The van der Waals surface area contributed by atoms with Crippen molar-refractivity contribution >= 4 is 28.2 Å². The number of nitrogens with zero attached hydrogens (tertiary/aromatic N) is 2. The van der Waals surface area contributed by atoms with Crippen molar-refractivity contribution in [3.63, 3.8) is 0 Å². The number of halogens is 1. The Hall–Kier alpha value is -1.48. The summed E-state index contributed by atoms with van der Waals surface area (Å²) in [7, 11) is 0. The molecule has 3 rings (SSSR count). The van der Waals surface area contributed by atoms with Gasteiger partial charge in [0.15, 0.2) is 0 Å². The Bertz CT molecular complexity index is 643. The summed E-state index contributed by atoms with van der Waals surface area (Å²) in [6, 6.07) is 5.98. The molecule has 1 aliphatic carbocycles. The Balaban J connectivity index is 2.41. The number of aromatic nitrogens is 1. The molecule has 0 saturated heterocycles. The topological polar surface area (TPSA) is 37.5 Å². The van der Waals surface area contributed by atoms with Gasteiger partial charge in [0.05, 0.1) is 5.69 Å². The summed E-state index contributed by atoms with van der Waals surface area (Å²) in [6.07, 6.45) is 2.90. The summed E-state index contributed by atoms with van der Waals surface area (Å²) in [4.78, 5) is 0. The fourth-order valence-electron chi connectivity index (χ4n) is 2.96. The highest BCUT2D eigenvalue weighted by molar-refractivity contribution is 6.31. The maximum absolute atomic E-state index is 9.19. The minimum atomic E-state index is 0.756. The van der Waals surface area contributed by atoms with E-state index in [-0.39, 0.29) is 0 Å². The zero-order chi connectivity index (χ0) is 12.7. The van der Waals surface area contributed by atoms with E-state index >= 15 is 0 Å². The zero-order valence-corrected chi connectivity index (χ0v) is 11.0. The molecule has 94 valence electrons. The predicted octanol–water partition coefficient (Wildman–Crippen LogP) is 3.83. The van der Waals surface area contributed by atoms with Crippen molar-refractivity contribution in [2.24, 2.45) is 5.16 Å². The van der Waals surface area contributed by atoms with Crippen molar-refractivity contribution in [3.8, 4) is 0 Å². The van der Waals surface area contributed by atoms with Gasteiger partial charge in [-0.3, -0.25) is 0 Å². The lowest BCUT2D eigenvalue weighted by atomic mass is 9.94. The first kappa shape index (κ1) is 11.6. The average Bonchev–Trinajstić information content (AvgIpc) is 2.72. The van der Waals surface area contributed by atoms with Crippen LogP contribution in [0.25, 0.3) is 10.9 Å². The minimum absolute atomic E-state index is 0.756. The van der Waals surface area contributed by atoms with Crippen LogP contribution in [0.5, 0.6) is 0 Å². The van der Waals surface area contributed by atoms with Gasteiger partial charge in [0, 0.05) is 22.5 Å². The standard InChI is InChI=1S/C14H15ClN2O/c1-2-17-13-7-6-9(15)8-11(13)10-4-3-5-12(16-18)14(10)17/h6-8,18H,2-5H2,1H3/b16-12+. The summed E-state index contributed by atoms with van der Waals surface area (Å²) >= 11 is 6.09. The van der Waals surface area contributed by atoms with Crippen LogP contribution in [0.2, 0.25) is 5.02 Å². The van der Waals surface area contributed by atoms with E-state index < -0.39 is 0 Å². The number of aryl methyl sites for hydroxylation is 2. The molecule has 0 saturated carbocycles. The fraction of sp³-hybridized carbons (Fsp3) is 0.357. The highest BCUT2D eigenvalue weighted by Gasteiger charge is 2.24. The molecule has 1 aromatic heterocycles. The second-order valence-corrected chi connectivity index (χ2v) is 5.07. The van der Waals surface area contributed by atoms with Gasteiger partial charge in [-0.2, -0.15) is 0 Å². The molecule has 0 atom stereocenters. The third kappa shape index (κ3) is 1.54. The van der Waals surface area contributed by atoms with Crippen molar-refractivity contribution < 1.29 is 5.21 Å². The molecule has 1 heterocycles. The first-order chi connectivity index (χ1) is 8.76. The smallest absolute Gasteiger partial charge is 0.103 e. The Labute approximate surface area is 111 Å². The lowest BCUT2D eigenvalue weighted by molar-refractivity contribution is 0.317. The summed E-state index contributed by atoms with van der Waals surface area (Å²) in [5.41, 5.74) is 4.33. The van der Waals surface area contributed by atoms with Crippen LogP contribution in [0.3, 0.4) is 0 Å². The average molecular weight is 263 g/mol. The van der Waals surface area contributed by atoms with Gasteiger partial charge >= 0.3 is 0 Å². The van der Waals surface area contributed by atoms with Gasteiger partial charge in [0.25, 0.3) is 0 Å². The number of hydrogen-bond donors (Lipinski definition) is 1. The van der Waals surface area contributed by atoms with E-state index in [9.17, 15) is 5.21 Å². The van der Waals surface area contributed by atoms with E-state index in [1.165, 1.54) is 16.5 Å². The largest absolute Gasteiger partial charge is 0.411 e. The highest BCUT2D eigenvalue weighted by atomic mass is 35.5. The zero-order valence-electron chi connectivity index (χ0n) is 10.3. The lowest BCUT2D eigenvalue weighted by Crippen LogP contribution is -2.15. The van der Waals surface area contributed by atoms with Gasteiger partial charge in [0.2, 0.25) is 0 Å². The van der Waals surface area contributed by atoms with Crippen molar-refractivity contribution in [1.82, 2.24) is 4.57 Å². The molecule has 0 aliphatic heterocycles. The van der Waals surface area contributed by atoms with E-state index in [0.29, 0.717) is 0 Å². The predicted molar refractivity (Wildman–Crippen MR) is 73.9 cm³/mol. The minimum Gasteiger partial charge on any atom is -0.411 e. The molecule has 18 heavy (non-hydrogen) atoms. The van der Waals surface area contributed by atoms with Crippen LogP contribution < -0.4 is 0 Å². The van der Waals surface area contributed by atoms with Gasteiger partial charge in [-0.1, -0.05) is 16.8 Å². The van der Waals surface area contributed by atoms with Crippen LogP contribution in [0.1, 0.15) is 31.0 Å². The third-order valence-corrected chi connectivity index (χ3v) is 3.92. The molecule has 1 aromatic carbocycles. The number of hydrogen-bond acceptors (Lipinski definition) is 2. The van der Waals surface area contributed by atoms with Crippen LogP contribution in [-0.2, 0) is 13.0 Å². The van der Waals surface area contributed by atoms with Crippen molar-refractivity contribution in [1.29, 1.82) is 0 Å². The van der Waals surface area contributed by atoms with Crippen LogP contribution in [0, 0.1) is 0 Å². The monoisotopic (exact) mass is 262 g/mol. The number of rotatable bonds is 1. The normalized spacial score (nSPS) is 17.3. The van der Waals surface area contributed by atoms with E-state index in [1.807, 2.05) is 12.1 Å². The Morgan fingerprint density at radius 3 is 2.94 bits per heavy atom. The second-order valence-electron chi connectivity index (χ2n) is 4.63. The van der Waals surface area contributed by atoms with Gasteiger partial charge in [-0.05, 0) is 49.9 Å². The van der Waals surface area contributed by atoms with Crippen LogP contribution in [-0.4, -0.2) is 15.5 Å². The Morgan fingerprint density at radius 2 is 2.22 bits per heavy atom. The summed E-state index contributed by atoms with van der Waals surface area (Å²) < 4.78 is 2.22.